The summed E-state index contributed by atoms with van der Waals surface area (Å²) < 4.78 is 21.3. The number of urea groups is 1. The molecule has 8 heteroatoms. The van der Waals surface area contributed by atoms with Gasteiger partial charge in [0.1, 0.15) is 17.1 Å². The number of amides is 4. The molecule has 1 fully saturated rings. The normalized spacial score (nSPS) is 14.9. The van der Waals surface area contributed by atoms with Crippen molar-refractivity contribution in [3.05, 3.63) is 102 Å². The lowest BCUT2D eigenvalue weighted by Gasteiger charge is -2.26. The van der Waals surface area contributed by atoms with E-state index in [0.29, 0.717) is 18.7 Å². The van der Waals surface area contributed by atoms with E-state index >= 15 is 0 Å². The number of para-hydroxylation sites is 2. The number of fused-ring (bicyclic) bond motifs is 1. The number of anilines is 1. The van der Waals surface area contributed by atoms with E-state index in [0.717, 1.165) is 45.7 Å². The number of barbiturate groups is 1. The van der Waals surface area contributed by atoms with Crippen molar-refractivity contribution in [1.82, 2.24) is 9.88 Å². The Morgan fingerprint density at radius 2 is 1.68 bits per heavy atom. The van der Waals surface area contributed by atoms with Crippen LogP contribution in [0.3, 0.4) is 0 Å². The van der Waals surface area contributed by atoms with Gasteiger partial charge in [-0.05, 0) is 61.4 Å². The lowest BCUT2D eigenvalue weighted by Crippen LogP contribution is -2.54. The number of halogens is 1. The molecule has 2 heterocycles. The highest BCUT2D eigenvalue weighted by molar-refractivity contribution is 6.39. The highest BCUT2D eigenvalue weighted by Gasteiger charge is 2.37. The van der Waals surface area contributed by atoms with Crippen LogP contribution in [-0.2, 0) is 16.1 Å². The number of carbonyl (C=O) groups excluding carboxylic acids is 3. The molecule has 1 aromatic heterocycles. The zero-order valence-electron chi connectivity index (χ0n) is 20.1. The molecule has 186 valence electrons. The summed E-state index contributed by atoms with van der Waals surface area (Å²) in [6, 6.07) is 19.6. The van der Waals surface area contributed by atoms with Gasteiger partial charge in [0, 0.05) is 29.2 Å². The number of nitrogens with one attached hydrogen (secondary N) is 1. The maximum Gasteiger partial charge on any atom is 0.335 e. The third-order valence-corrected chi connectivity index (χ3v) is 6.20. The monoisotopic (exact) mass is 497 g/mol. The van der Waals surface area contributed by atoms with E-state index in [1.54, 1.807) is 0 Å². The summed E-state index contributed by atoms with van der Waals surface area (Å²) in [6.07, 6.45) is 4.11. The highest BCUT2D eigenvalue weighted by atomic mass is 19.1. The Hall–Kier alpha value is -4.72. The SMILES string of the molecule is Cc1ccccc1OCCCn1cc(C=C2C(=O)NC(=O)N(c3ccc(F)cc3)C2=O)c2ccccc21. The number of ether oxygens (including phenoxy) is 1. The van der Waals surface area contributed by atoms with Crippen LogP contribution in [0.1, 0.15) is 17.5 Å². The van der Waals surface area contributed by atoms with Gasteiger partial charge in [0.2, 0.25) is 0 Å². The molecule has 7 nitrogen and oxygen atoms in total. The van der Waals surface area contributed by atoms with E-state index in [1.165, 1.54) is 18.2 Å². The topological polar surface area (TPSA) is 80.6 Å². The van der Waals surface area contributed by atoms with E-state index in [-0.39, 0.29) is 11.3 Å². The molecular formula is C29H24FN3O4. The molecule has 0 spiro atoms. The van der Waals surface area contributed by atoms with Crippen molar-refractivity contribution in [2.24, 2.45) is 0 Å². The predicted octanol–water partition coefficient (Wildman–Crippen LogP) is 5.22. The van der Waals surface area contributed by atoms with Crippen LogP contribution in [0.15, 0.2) is 84.6 Å². The first-order chi connectivity index (χ1) is 17.9. The van der Waals surface area contributed by atoms with Gasteiger partial charge in [-0.3, -0.25) is 14.9 Å². The van der Waals surface area contributed by atoms with Gasteiger partial charge in [0.15, 0.2) is 0 Å². The van der Waals surface area contributed by atoms with Crippen molar-refractivity contribution in [3.63, 3.8) is 0 Å². The number of imide groups is 2. The van der Waals surface area contributed by atoms with Gasteiger partial charge in [-0.1, -0.05) is 36.4 Å². The second kappa shape index (κ2) is 10.1. The molecule has 1 aliphatic rings. The Bertz CT molecular complexity index is 1540. The molecule has 37 heavy (non-hydrogen) atoms. The average molecular weight is 498 g/mol. The molecule has 1 saturated heterocycles. The van der Waals surface area contributed by atoms with Crippen molar-refractivity contribution in [2.75, 3.05) is 11.5 Å². The fraction of sp³-hybridized carbons (Fsp3) is 0.138. The van der Waals surface area contributed by atoms with E-state index in [1.807, 2.05) is 61.7 Å². The molecule has 0 unspecified atom stereocenters. The Kier molecular flexibility index (Phi) is 6.55. The van der Waals surface area contributed by atoms with Gasteiger partial charge in [0.05, 0.1) is 12.3 Å². The number of carbonyl (C=O) groups is 3. The number of hydrogen-bond donors (Lipinski definition) is 1. The minimum Gasteiger partial charge on any atom is -0.493 e. The zero-order chi connectivity index (χ0) is 25.9. The summed E-state index contributed by atoms with van der Waals surface area (Å²) in [7, 11) is 0. The van der Waals surface area contributed by atoms with Gasteiger partial charge in [-0.15, -0.1) is 0 Å². The number of hydrogen-bond acceptors (Lipinski definition) is 4. The Morgan fingerprint density at radius 1 is 0.946 bits per heavy atom. The third-order valence-electron chi connectivity index (χ3n) is 6.20. The first-order valence-electron chi connectivity index (χ1n) is 11.9. The molecule has 4 amide bonds. The number of nitrogens with zero attached hydrogens (tertiary/aromatic N) is 2. The van der Waals surface area contributed by atoms with E-state index in [4.69, 9.17) is 4.74 Å². The minimum absolute atomic E-state index is 0.165. The van der Waals surface area contributed by atoms with Gasteiger partial charge in [-0.2, -0.15) is 0 Å². The molecular weight excluding hydrogens is 473 g/mol. The van der Waals surface area contributed by atoms with Crippen LogP contribution in [0.25, 0.3) is 17.0 Å². The van der Waals surface area contributed by atoms with Crippen LogP contribution in [-0.4, -0.2) is 29.0 Å². The molecule has 1 N–H and O–H groups in total. The first-order valence-corrected chi connectivity index (χ1v) is 11.9. The molecule has 0 bridgehead atoms. The van der Waals surface area contributed by atoms with Crippen LogP contribution in [0.5, 0.6) is 5.75 Å². The van der Waals surface area contributed by atoms with E-state index < -0.39 is 23.7 Å². The lowest BCUT2D eigenvalue weighted by atomic mass is 10.1. The Labute approximate surface area is 212 Å². The second-order valence-corrected chi connectivity index (χ2v) is 8.70. The summed E-state index contributed by atoms with van der Waals surface area (Å²) in [5.41, 5.74) is 2.67. The molecule has 0 aliphatic carbocycles. The molecule has 3 aromatic carbocycles. The minimum atomic E-state index is -0.880. The fourth-order valence-corrected chi connectivity index (χ4v) is 4.35. The van der Waals surface area contributed by atoms with Crippen LogP contribution in [0.2, 0.25) is 0 Å². The van der Waals surface area contributed by atoms with Crippen molar-refractivity contribution in [1.29, 1.82) is 0 Å². The molecule has 0 saturated carbocycles. The van der Waals surface area contributed by atoms with Crippen molar-refractivity contribution < 1.29 is 23.5 Å². The summed E-state index contributed by atoms with van der Waals surface area (Å²) in [5.74, 6) is -1.20. The molecule has 4 aromatic rings. The van der Waals surface area contributed by atoms with Gasteiger partial charge in [-0.25, -0.2) is 14.1 Å². The fourth-order valence-electron chi connectivity index (χ4n) is 4.35. The summed E-state index contributed by atoms with van der Waals surface area (Å²) >= 11 is 0. The van der Waals surface area contributed by atoms with Gasteiger partial charge in [0.25, 0.3) is 11.8 Å². The lowest BCUT2D eigenvalue weighted by molar-refractivity contribution is -0.122. The molecule has 1 aliphatic heterocycles. The van der Waals surface area contributed by atoms with Crippen LogP contribution < -0.4 is 15.0 Å². The smallest absolute Gasteiger partial charge is 0.335 e. The maximum absolute atomic E-state index is 13.4. The van der Waals surface area contributed by atoms with E-state index in [9.17, 15) is 18.8 Å². The number of rotatable bonds is 7. The van der Waals surface area contributed by atoms with Gasteiger partial charge >= 0.3 is 6.03 Å². The molecule has 0 radical (unpaired) electrons. The van der Waals surface area contributed by atoms with E-state index in [2.05, 4.69) is 9.88 Å². The average Bonchev–Trinajstić information content (AvgIpc) is 3.24. The summed E-state index contributed by atoms with van der Waals surface area (Å²) in [6.45, 7) is 3.20. The van der Waals surface area contributed by atoms with Gasteiger partial charge < -0.3 is 9.30 Å². The highest BCUT2D eigenvalue weighted by Crippen LogP contribution is 2.27. The number of aromatic nitrogens is 1. The maximum atomic E-state index is 13.4. The standard InChI is InChI=1S/C29H24FN3O4/c1-19-7-2-5-10-26(19)37-16-6-15-32-18-20(23-8-3-4-9-25(23)32)17-24-27(34)31-29(36)33(28(24)35)22-13-11-21(30)12-14-22/h2-5,7-14,17-18H,6,15-16H2,1H3,(H,31,34,36). The van der Waals surface area contributed by atoms with Crippen molar-refractivity contribution >= 4 is 40.5 Å². The van der Waals surface area contributed by atoms with Crippen molar-refractivity contribution in [3.8, 4) is 5.75 Å². The Morgan fingerprint density at radius 3 is 2.46 bits per heavy atom. The Balaban J connectivity index is 1.40. The van der Waals surface area contributed by atoms with Crippen LogP contribution >= 0.6 is 0 Å². The molecule has 0 atom stereocenters. The van der Waals surface area contributed by atoms with Crippen LogP contribution in [0.4, 0.5) is 14.9 Å². The van der Waals surface area contributed by atoms with Crippen LogP contribution in [0, 0.1) is 12.7 Å². The number of benzene rings is 3. The zero-order valence-corrected chi connectivity index (χ0v) is 20.1. The molecule has 5 rings (SSSR count). The quantitative estimate of drug-likeness (QED) is 0.216. The summed E-state index contributed by atoms with van der Waals surface area (Å²) in [4.78, 5) is 39.1. The first kappa shape index (κ1) is 24.0. The number of aryl methyl sites for hydroxylation is 2. The predicted molar refractivity (Wildman–Crippen MR) is 139 cm³/mol. The third kappa shape index (κ3) is 4.86. The largest absolute Gasteiger partial charge is 0.493 e. The van der Waals surface area contributed by atoms with Crippen molar-refractivity contribution in [2.45, 2.75) is 19.9 Å². The second-order valence-electron chi connectivity index (χ2n) is 8.70. The summed E-state index contributed by atoms with van der Waals surface area (Å²) in [5, 5.41) is 3.06.